The van der Waals surface area contributed by atoms with Crippen molar-refractivity contribution in [3.05, 3.63) is 63.5 Å². The van der Waals surface area contributed by atoms with Crippen LogP contribution < -0.4 is 25.3 Å². The molecular formula is C22H20NO7-. The number of aliphatic carboxylic acids is 1. The fourth-order valence-electron chi connectivity index (χ4n) is 2.85. The third kappa shape index (κ3) is 4.78. The first-order valence-electron chi connectivity index (χ1n) is 9.15. The fourth-order valence-corrected chi connectivity index (χ4v) is 2.85. The van der Waals surface area contributed by atoms with Crippen molar-refractivity contribution in [2.75, 3.05) is 13.2 Å². The average Bonchev–Trinajstić information content (AvgIpc) is 2.70. The van der Waals surface area contributed by atoms with Gasteiger partial charge in [0.05, 0.1) is 17.9 Å². The van der Waals surface area contributed by atoms with Crippen molar-refractivity contribution in [1.29, 1.82) is 0 Å². The lowest BCUT2D eigenvalue weighted by Crippen LogP contribution is -2.39. The third-order valence-corrected chi connectivity index (χ3v) is 4.50. The number of benzene rings is 2. The molecule has 1 N–H and O–H groups in total. The highest BCUT2D eigenvalue weighted by atomic mass is 16.5. The number of ether oxygens (including phenoxy) is 2. The summed E-state index contributed by atoms with van der Waals surface area (Å²) in [4.78, 5) is 34.6. The van der Waals surface area contributed by atoms with Gasteiger partial charge < -0.3 is 29.1 Å². The van der Waals surface area contributed by atoms with Crippen LogP contribution in [-0.2, 0) is 9.59 Å². The van der Waals surface area contributed by atoms with E-state index in [2.05, 4.69) is 5.32 Å². The van der Waals surface area contributed by atoms with Crippen LogP contribution in [0.15, 0.2) is 45.8 Å². The zero-order valence-electron chi connectivity index (χ0n) is 16.7. The molecule has 8 nitrogen and oxygen atoms in total. The first-order chi connectivity index (χ1) is 14.2. The Morgan fingerprint density at radius 1 is 1.10 bits per heavy atom. The summed E-state index contributed by atoms with van der Waals surface area (Å²) in [5.41, 5.74) is 2.93. The summed E-state index contributed by atoms with van der Waals surface area (Å²) in [5, 5.41) is 12.8. The van der Waals surface area contributed by atoms with E-state index in [9.17, 15) is 19.5 Å². The van der Waals surface area contributed by atoms with Gasteiger partial charge in [-0.05, 0) is 55.7 Å². The standard InChI is InChI=1S/C22H21NO7/c1-12-6-13(2)14(3)17(7-12)30-19-10-29-18-8-15(4-5-16(18)22(19)27)28-11-20(24)23-9-21(25)26/h4-8,10H,9,11H2,1-3H3,(H,23,24)(H,25,26)/p-1. The van der Waals surface area contributed by atoms with Crippen molar-refractivity contribution in [3.63, 3.8) is 0 Å². The molecule has 156 valence electrons. The van der Waals surface area contributed by atoms with Crippen molar-refractivity contribution in [1.82, 2.24) is 5.32 Å². The zero-order valence-corrected chi connectivity index (χ0v) is 16.7. The number of rotatable bonds is 7. The number of carbonyl (C=O) groups is 2. The Labute approximate surface area is 172 Å². The second-order valence-corrected chi connectivity index (χ2v) is 6.83. The first kappa shape index (κ1) is 20.9. The molecular weight excluding hydrogens is 390 g/mol. The molecule has 0 saturated heterocycles. The molecule has 1 heterocycles. The van der Waals surface area contributed by atoms with Crippen molar-refractivity contribution in [2.24, 2.45) is 0 Å². The molecule has 0 aliphatic carbocycles. The number of fused-ring (bicyclic) bond motifs is 1. The van der Waals surface area contributed by atoms with Crippen LogP contribution in [0.2, 0.25) is 0 Å². The van der Waals surface area contributed by atoms with E-state index in [-0.39, 0.29) is 22.5 Å². The van der Waals surface area contributed by atoms with Gasteiger partial charge in [-0.15, -0.1) is 0 Å². The van der Waals surface area contributed by atoms with Crippen LogP contribution in [0.5, 0.6) is 17.2 Å². The van der Waals surface area contributed by atoms with Crippen LogP contribution in [0, 0.1) is 20.8 Å². The lowest BCUT2D eigenvalue weighted by atomic mass is 10.1. The minimum Gasteiger partial charge on any atom is -0.548 e. The van der Waals surface area contributed by atoms with Crippen LogP contribution in [-0.4, -0.2) is 25.0 Å². The highest BCUT2D eigenvalue weighted by Gasteiger charge is 2.13. The van der Waals surface area contributed by atoms with Crippen molar-refractivity contribution in [3.8, 4) is 17.2 Å². The third-order valence-electron chi connectivity index (χ3n) is 4.50. The summed E-state index contributed by atoms with van der Waals surface area (Å²) in [7, 11) is 0. The molecule has 30 heavy (non-hydrogen) atoms. The van der Waals surface area contributed by atoms with Crippen LogP contribution >= 0.6 is 0 Å². The predicted molar refractivity (Wildman–Crippen MR) is 107 cm³/mol. The van der Waals surface area contributed by atoms with Gasteiger partial charge in [0.25, 0.3) is 5.91 Å². The van der Waals surface area contributed by atoms with Crippen molar-refractivity contribution in [2.45, 2.75) is 20.8 Å². The SMILES string of the molecule is Cc1cc(C)c(C)c(Oc2coc3cc(OCC(=O)NCC(=O)[O-])ccc3c2=O)c1. The second-order valence-electron chi connectivity index (χ2n) is 6.83. The number of hydrogen-bond acceptors (Lipinski definition) is 7. The summed E-state index contributed by atoms with van der Waals surface area (Å²) in [6.45, 7) is 4.84. The summed E-state index contributed by atoms with van der Waals surface area (Å²) in [6.07, 6.45) is 1.23. The molecule has 0 bridgehead atoms. The Morgan fingerprint density at radius 2 is 1.87 bits per heavy atom. The highest BCUT2D eigenvalue weighted by molar-refractivity contribution is 5.82. The molecule has 0 atom stereocenters. The summed E-state index contributed by atoms with van der Waals surface area (Å²) < 4.78 is 16.7. The molecule has 8 heteroatoms. The summed E-state index contributed by atoms with van der Waals surface area (Å²) in [6, 6.07) is 8.38. The van der Waals surface area contributed by atoms with Gasteiger partial charge >= 0.3 is 0 Å². The van der Waals surface area contributed by atoms with Crippen LogP contribution in [0.25, 0.3) is 11.0 Å². The number of carboxylic acid groups (broad SMARTS) is 1. The number of aryl methyl sites for hydroxylation is 2. The van der Waals surface area contributed by atoms with E-state index in [1.807, 2.05) is 32.9 Å². The quantitative estimate of drug-likeness (QED) is 0.630. The lowest BCUT2D eigenvalue weighted by Gasteiger charge is -2.12. The van der Waals surface area contributed by atoms with Crippen LogP contribution in [0.1, 0.15) is 16.7 Å². The molecule has 2 aromatic carbocycles. The summed E-state index contributed by atoms with van der Waals surface area (Å²) >= 11 is 0. The number of hydrogen-bond donors (Lipinski definition) is 1. The minimum absolute atomic E-state index is 0.0610. The molecule has 1 aromatic heterocycles. The molecule has 0 spiro atoms. The summed E-state index contributed by atoms with van der Waals surface area (Å²) in [5.74, 6) is -1.08. The monoisotopic (exact) mass is 410 g/mol. The van der Waals surface area contributed by atoms with Crippen molar-refractivity contribution < 1.29 is 28.6 Å². The van der Waals surface area contributed by atoms with Crippen LogP contribution in [0.4, 0.5) is 0 Å². The number of carboxylic acids is 1. The molecule has 0 aliphatic heterocycles. The van der Waals surface area contributed by atoms with Gasteiger partial charge in [0.15, 0.2) is 6.61 Å². The van der Waals surface area contributed by atoms with Gasteiger partial charge in [0.2, 0.25) is 11.2 Å². The molecule has 0 fully saturated rings. The zero-order chi connectivity index (χ0) is 21.8. The van der Waals surface area contributed by atoms with E-state index in [0.717, 1.165) is 16.7 Å². The Bertz CT molecular complexity index is 1180. The smallest absolute Gasteiger partial charge is 0.258 e. The maximum Gasteiger partial charge on any atom is 0.258 e. The van der Waals surface area contributed by atoms with E-state index >= 15 is 0 Å². The van der Waals surface area contributed by atoms with Gasteiger partial charge in [-0.2, -0.15) is 0 Å². The maximum atomic E-state index is 12.8. The maximum absolute atomic E-state index is 12.8. The second kappa shape index (κ2) is 8.69. The van der Waals surface area contributed by atoms with E-state index in [1.165, 1.54) is 24.5 Å². The van der Waals surface area contributed by atoms with E-state index in [1.54, 1.807) is 0 Å². The Kier molecular flexibility index (Phi) is 6.06. The molecule has 0 saturated carbocycles. The van der Waals surface area contributed by atoms with Gasteiger partial charge in [0.1, 0.15) is 23.3 Å². The van der Waals surface area contributed by atoms with Gasteiger partial charge in [-0.25, -0.2) is 0 Å². The van der Waals surface area contributed by atoms with Crippen LogP contribution in [0.3, 0.4) is 0 Å². The Morgan fingerprint density at radius 3 is 2.60 bits per heavy atom. The molecule has 0 aliphatic rings. The molecule has 1 amide bonds. The van der Waals surface area contributed by atoms with Gasteiger partial charge in [-0.3, -0.25) is 9.59 Å². The number of carbonyl (C=O) groups excluding carboxylic acids is 2. The molecule has 0 unspecified atom stereocenters. The predicted octanol–water partition coefficient (Wildman–Crippen LogP) is 1.76. The van der Waals surface area contributed by atoms with Gasteiger partial charge in [0, 0.05) is 6.07 Å². The Balaban J connectivity index is 1.79. The van der Waals surface area contributed by atoms with Crippen molar-refractivity contribution >= 4 is 22.8 Å². The normalized spacial score (nSPS) is 10.6. The molecule has 3 rings (SSSR count). The largest absolute Gasteiger partial charge is 0.548 e. The van der Waals surface area contributed by atoms with Gasteiger partial charge in [-0.1, -0.05) is 6.07 Å². The topological polar surface area (TPSA) is 118 Å². The minimum atomic E-state index is -1.40. The lowest BCUT2D eigenvalue weighted by molar-refractivity contribution is -0.304. The number of amides is 1. The number of nitrogens with one attached hydrogen (secondary N) is 1. The molecule has 3 aromatic rings. The first-order valence-corrected chi connectivity index (χ1v) is 9.15. The molecule has 0 radical (unpaired) electrons. The highest BCUT2D eigenvalue weighted by Crippen LogP contribution is 2.28. The van der Waals surface area contributed by atoms with E-state index < -0.39 is 25.0 Å². The van der Waals surface area contributed by atoms with E-state index in [4.69, 9.17) is 13.9 Å². The van der Waals surface area contributed by atoms with E-state index in [0.29, 0.717) is 11.1 Å². The fraction of sp³-hybridized carbons (Fsp3) is 0.227. The Hall–Kier alpha value is -3.81. The average molecular weight is 410 g/mol.